The van der Waals surface area contributed by atoms with Gasteiger partial charge in [0.2, 0.25) is 5.91 Å². The van der Waals surface area contributed by atoms with Crippen molar-refractivity contribution in [1.82, 2.24) is 4.31 Å². The maximum absolute atomic E-state index is 13.4. The summed E-state index contributed by atoms with van der Waals surface area (Å²) in [6, 6.07) is 15.9. The molecule has 10 heteroatoms. The first-order chi connectivity index (χ1) is 15.3. The minimum Gasteiger partial charge on any atom is -0.274 e. The lowest BCUT2D eigenvalue weighted by atomic mass is 10.1. The molecule has 1 atom stereocenters. The Hall–Kier alpha value is -2.04. The molecule has 32 heavy (non-hydrogen) atoms. The van der Waals surface area contributed by atoms with E-state index in [-0.39, 0.29) is 17.2 Å². The van der Waals surface area contributed by atoms with Crippen LogP contribution in [0.15, 0.2) is 74.7 Å². The zero-order valence-corrected chi connectivity index (χ0v) is 20.6. The average Bonchev–Trinajstić information content (AvgIpc) is 3.39. The van der Waals surface area contributed by atoms with Gasteiger partial charge in [0.05, 0.1) is 12.1 Å². The first kappa shape index (κ1) is 23.1. The summed E-state index contributed by atoms with van der Waals surface area (Å²) in [5.74, 6) is -0.986. The molecule has 1 fully saturated rings. The van der Waals surface area contributed by atoms with Crippen LogP contribution in [0.3, 0.4) is 0 Å². The van der Waals surface area contributed by atoms with Crippen LogP contribution >= 0.6 is 38.9 Å². The molecule has 0 aliphatic carbocycles. The van der Waals surface area contributed by atoms with Crippen LogP contribution in [0.25, 0.3) is 0 Å². The maximum Gasteiger partial charge on any atom is 0.253 e. The molecule has 166 valence electrons. The number of thiophene rings is 1. The Morgan fingerprint density at radius 3 is 2.50 bits per heavy atom. The molecule has 1 aliphatic rings. The topological polar surface area (TPSA) is 74.8 Å². The smallest absolute Gasteiger partial charge is 0.253 e. The molecule has 1 saturated heterocycles. The molecular formula is C22H18BrClN2O4S2. The molecule has 1 unspecified atom stereocenters. The molecule has 3 aromatic rings. The number of sulfonamides is 1. The summed E-state index contributed by atoms with van der Waals surface area (Å²) in [4.78, 5) is 27.1. The van der Waals surface area contributed by atoms with Gasteiger partial charge in [-0.2, -0.15) is 4.31 Å². The highest BCUT2D eigenvalue weighted by atomic mass is 79.9. The summed E-state index contributed by atoms with van der Waals surface area (Å²) < 4.78 is 28.9. The van der Waals surface area contributed by atoms with Crippen molar-refractivity contribution in [3.63, 3.8) is 0 Å². The number of nitrogens with zero attached hydrogens (tertiary/aromatic N) is 2. The summed E-state index contributed by atoms with van der Waals surface area (Å²) in [6.45, 7) is 0.0401. The predicted octanol–water partition coefficient (Wildman–Crippen LogP) is 4.73. The third-order valence-electron chi connectivity index (χ3n) is 5.12. The van der Waals surface area contributed by atoms with Crippen LogP contribution in [0, 0.1) is 0 Å². The van der Waals surface area contributed by atoms with Gasteiger partial charge in [-0.1, -0.05) is 45.7 Å². The van der Waals surface area contributed by atoms with E-state index in [1.807, 2.05) is 6.07 Å². The van der Waals surface area contributed by atoms with E-state index in [2.05, 4.69) is 15.9 Å². The molecule has 4 rings (SSSR count). The maximum atomic E-state index is 13.4. The third kappa shape index (κ3) is 4.67. The standard InChI is InChI=1S/C22H18BrClN2O4S2/c23-16-6-8-18(9-7-16)26-20(27)14-19(22(26)28)25(32(29,30)21-5-2-12-31-21)11-10-15-3-1-4-17(24)13-15/h1-9,12-13,19H,10-11,14H2. The Morgan fingerprint density at radius 1 is 1.09 bits per heavy atom. The zero-order chi connectivity index (χ0) is 22.9. The minimum atomic E-state index is -3.98. The molecule has 0 N–H and O–H groups in total. The molecule has 2 heterocycles. The Balaban J connectivity index is 1.67. The number of halogens is 2. The normalized spacial score (nSPS) is 16.8. The highest BCUT2D eigenvalue weighted by Crippen LogP contribution is 2.31. The van der Waals surface area contributed by atoms with Crippen molar-refractivity contribution in [2.75, 3.05) is 11.4 Å². The number of hydrogen-bond acceptors (Lipinski definition) is 5. The number of hydrogen-bond donors (Lipinski definition) is 0. The van der Waals surface area contributed by atoms with Crippen LogP contribution in [0.4, 0.5) is 5.69 Å². The molecule has 2 aromatic carbocycles. The van der Waals surface area contributed by atoms with Gasteiger partial charge in [0, 0.05) is 16.0 Å². The van der Waals surface area contributed by atoms with Crippen molar-refractivity contribution in [3.05, 3.63) is 81.1 Å². The fraction of sp³-hybridized carbons (Fsp3) is 0.182. The molecule has 2 amide bonds. The van der Waals surface area contributed by atoms with Crippen LogP contribution < -0.4 is 4.90 Å². The van der Waals surface area contributed by atoms with Crippen molar-refractivity contribution in [3.8, 4) is 0 Å². The molecule has 0 saturated carbocycles. The largest absolute Gasteiger partial charge is 0.274 e. The monoisotopic (exact) mass is 552 g/mol. The molecule has 0 spiro atoms. The van der Waals surface area contributed by atoms with Crippen LogP contribution in [-0.4, -0.2) is 37.1 Å². The summed E-state index contributed by atoms with van der Waals surface area (Å²) in [5, 5.41) is 2.21. The van der Waals surface area contributed by atoms with Crippen LogP contribution in [0.5, 0.6) is 0 Å². The Kier molecular flexibility index (Phi) is 6.83. The highest BCUT2D eigenvalue weighted by Gasteiger charge is 2.47. The fourth-order valence-electron chi connectivity index (χ4n) is 3.60. The van der Waals surface area contributed by atoms with Gasteiger partial charge in [0.1, 0.15) is 10.3 Å². The van der Waals surface area contributed by atoms with E-state index >= 15 is 0 Å². The average molecular weight is 554 g/mol. The number of carbonyl (C=O) groups excluding carboxylic acids is 2. The minimum absolute atomic E-state index is 0.0401. The highest BCUT2D eigenvalue weighted by molar-refractivity contribution is 9.10. The van der Waals surface area contributed by atoms with Crippen molar-refractivity contribution in [2.24, 2.45) is 0 Å². The van der Waals surface area contributed by atoms with E-state index in [0.717, 1.165) is 30.6 Å². The molecular weight excluding hydrogens is 536 g/mol. The lowest BCUT2D eigenvalue weighted by molar-refractivity contribution is -0.122. The molecule has 1 aromatic heterocycles. The number of amides is 2. The van der Waals surface area contributed by atoms with Crippen molar-refractivity contribution in [2.45, 2.75) is 23.1 Å². The Labute approximate surface area is 203 Å². The van der Waals surface area contributed by atoms with E-state index in [1.165, 1.54) is 6.07 Å². The predicted molar refractivity (Wildman–Crippen MR) is 128 cm³/mol. The number of imide groups is 1. The molecule has 1 aliphatic heterocycles. The van der Waals surface area contributed by atoms with Gasteiger partial charge in [-0.25, -0.2) is 13.3 Å². The number of benzene rings is 2. The van der Waals surface area contributed by atoms with E-state index in [1.54, 1.807) is 53.9 Å². The zero-order valence-electron chi connectivity index (χ0n) is 16.6. The summed E-state index contributed by atoms with van der Waals surface area (Å²) in [6.07, 6.45) is 0.135. The van der Waals surface area contributed by atoms with Gasteiger partial charge in [-0.15, -0.1) is 11.3 Å². The Morgan fingerprint density at radius 2 is 1.84 bits per heavy atom. The van der Waals surface area contributed by atoms with E-state index in [0.29, 0.717) is 17.1 Å². The van der Waals surface area contributed by atoms with Crippen LogP contribution in [0.1, 0.15) is 12.0 Å². The van der Waals surface area contributed by atoms with Crippen molar-refractivity contribution in [1.29, 1.82) is 0 Å². The van der Waals surface area contributed by atoms with Crippen LogP contribution in [-0.2, 0) is 26.0 Å². The van der Waals surface area contributed by atoms with Gasteiger partial charge in [-0.05, 0) is 59.8 Å². The van der Waals surface area contributed by atoms with Crippen LogP contribution in [0.2, 0.25) is 5.02 Å². The fourth-order valence-corrected chi connectivity index (χ4v) is 6.78. The third-order valence-corrected chi connectivity index (χ3v) is 9.17. The summed E-state index contributed by atoms with van der Waals surface area (Å²) >= 11 is 10.5. The van der Waals surface area contributed by atoms with Gasteiger partial charge in [0.15, 0.2) is 0 Å². The molecule has 0 bridgehead atoms. The molecule has 0 radical (unpaired) electrons. The first-order valence-electron chi connectivity index (χ1n) is 9.69. The lowest BCUT2D eigenvalue weighted by Crippen LogP contribution is -2.46. The second kappa shape index (κ2) is 9.44. The quantitative estimate of drug-likeness (QED) is 0.397. The van der Waals surface area contributed by atoms with Crippen molar-refractivity contribution >= 4 is 66.4 Å². The molecule has 6 nitrogen and oxygen atoms in total. The number of anilines is 1. The first-order valence-corrected chi connectivity index (χ1v) is 13.2. The van der Waals surface area contributed by atoms with Gasteiger partial charge < -0.3 is 0 Å². The Bertz CT molecular complexity index is 1250. The van der Waals surface area contributed by atoms with E-state index < -0.39 is 27.9 Å². The van der Waals surface area contributed by atoms with E-state index in [9.17, 15) is 18.0 Å². The number of carbonyl (C=O) groups is 2. The van der Waals surface area contributed by atoms with Crippen molar-refractivity contribution < 1.29 is 18.0 Å². The van der Waals surface area contributed by atoms with Gasteiger partial charge in [-0.3, -0.25) is 9.59 Å². The second-order valence-electron chi connectivity index (χ2n) is 7.19. The number of rotatable bonds is 7. The van der Waals surface area contributed by atoms with E-state index in [4.69, 9.17) is 11.6 Å². The summed E-state index contributed by atoms with van der Waals surface area (Å²) in [7, 11) is -3.98. The second-order valence-corrected chi connectivity index (χ2v) is 11.6. The SMILES string of the molecule is O=C1CC(N(CCc2cccc(Cl)c2)S(=O)(=O)c2cccs2)C(=O)N1c1ccc(Br)cc1. The van der Waals surface area contributed by atoms with Gasteiger partial charge in [0.25, 0.3) is 15.9 Å². The van der Waals surface area contributed by atoms with Gasteiger partial charge >= 0.3 is 0 Å². The lowest BCUT2D eigenvalue weighted by Gasteiger charge is -2.26. The summed E-state index contributed by atoms with van der Waals surface area (Å²) in [5.41, 5.74) is 1.25.